The topological polar surface area (TPSA) is 64.7 Å². The third-order valence-electron chi connectivity index (χ3n) is 3.32. The van der Waals surface area contributed by atoms with Crippen molar-refractivity contribution in [3.8, 4) is 0 Å². The smallest absolute Gasteiger partial charge is 0.461 e. The van der Waals surface area contributed by atoms with E-state index in [1.165, 1.54) is 19.1 Å². The number of hydrogen-bond donors (Lipinski definition) is 0. The van der Waals surface area contributed by atoms with Crippen LogP contribution < -0.4 is 0 Å². The van der Waals surface area contributed by atoms with Gasteiger partial charge in [0.1, 0.15) is 0 Å². The fourth-order valence-electron chi connectivity index (χ4n) is 1.91. The molecule has 0 aromatic carbocycles. The van der Waals surface area contributed by atoms with Gasteiger partial charge in [0.2, 0.25) is 11.7 Å². The van der Waals surface area contributed by atoms with Gasteiger partial charge in [0, 0.05) is 6.08 Å². The predicted molar refractivity (Wildman–Crippen MR) is 84.0 cm³/mol. The van der Waals surface area contributed by atoms with Crippen LogP contribution in [0, 0.1) is 0 Å². The molecule has 0 spiro atoms. The van der Waals surface area contributed by atoms with E-state index < -0.39 is 36.6 Å². The summed E-state index contributed by atoms with van der Waals surface area (Å²) in [7, 11) is 0. The van der Waals surface area contributed by atoms with Gasteiger partial charge in [0.25, 0.3) is 0 Å². The summed E-state index contributed by atoms with van der Waals surface area (Å²) in [6, 6.07) is 2.34. The van der Waals surface area contributed by atoms with Gasteiger partial charge in [-0.3, -0.25) is 0 Å². The van der Waals surface area contributed by atoms with E-state index in [1.54, 1.807) is 0 Å². The molecule has 0 amide bonds. The highest BCUT2D eigenvalue weighted by atomic mass is 19.4. The molecule has 6 nitrogen and oxygen atoms in total. The number of alkyl halides is 8. The Morgan fingerprint density at radius 3 is 2.31 bits per heavy atom. The van der Waals surface area contributed by atoms with Gasteiger partial charge < -0.3 is 4.74 Å². The lowest BCUT2D eigenvalue weighted by atomic mass is 10.2. The molecule has 2 aromatic rings. The van der Waals surface area contributed by atoms with E-state index in [0.717, 1.165) is 12.1 Å². The van der Waals surface area contributed by atoms with Crippen LogP contribution in [-0.4, -0.2) is 45.5 Å². The second-order valence-corrected chi connectivity index (χ2v) is 5.50. The van der Waals surface area contributed by atoms with Crippen molar-refractivity contribution in [2.45, 2.75) is 25.2 Å². The average Bonchev–Trinajstić information content (AvgIpc) is 3.03. The van der Waals surface area contributed by atoms with E-state index in [4.69, 9.17) is 0 Å². The van der Waals surface area contributed by atoms with Crippen LogP contribution in [0.3, 0.4) is 0 Å². The van der Waals surface area contributed by atoms with Crippen LogP contribution in [0.2, 0.25) is 0 Å². The van der Waals surface area contributed by atoms with E-state index in [9.17, 15) is 35.1 Å². The van der Waals surface area contributed by atoms with Crippen molar-refractivity contribution < 1.29 is 39.9 Å². The molecule has 0 unspecified atom stereocenters. The van der Waals surface area contributed by atoms with Crippen LogP contribution in [0.15, 0.2) is 35.2 Å². The molecule has 0 radical (unpaired) electrons. The summed E-state index contributed by atoms with van der Waals surface area (Å²) in [4.78, 5) is 3.25. The number of halogens is 8. The summed E-state index contributed by atoms with van der Waals surface area (Å²) in [5.74, 6) is -7.52. The largest absolute Gasteiger partial charge is 0.468 e. The van der Waals surface area contributed by atoms with Gasteiger partial charge in [-0.2, -0.15) is 44.7 Å². The minimum atomic E-state index is -5.92. The van der Waals surface area contributed by atoms with Gasteiger partial charge in [-0.05, 0) is 31.3 Å². The fourth-order valence-corrected chi connectivity index (χ4v) is 1.91. The highest BCUT2D eigenvalue weighted by Crippen LogP contribution is 2.42. The van der Waals surface area contributed by atoms with Crippen LogP contribution in [0.5, 0.6) is 0 Å². The minimum absolute atomic E-state index is 0.0768. The Kier molecular flexibility index (Phi) is 5.94. The lowest BCUT2D eigenvalue weighted by Crippen LogP contribution is -2.36. The number of ether oxygens (including phenoxy) is 1. The Bertz CT molecular complexity index is 958. The number of rotatable bonds is 6. The Balaban J connectivity index is 2.38. The lowest BCUT2D eigenvalue weighted by Gasteiger charge is -2.17. The molecule has 0 aliphatic rings. The van der Waals surface area contributed by atoms with Crippen LogP contribution in [0.25, 0.3) is 11.2 Å². The van der Waals surface area contributed by atoms with Gasteiger partial charge in [-0.25, -0.2) is 4.99 Å². The summed E-state index contributed by atoms with van der Waals surface area (Å²) in [6.07, 6.45) is -8.36. The maximum Gasteiger partial charge on any atom is 0.461 e. The first-order valence-electron chi connectivity index (χ1n) is 7.49. The van der Waals surface area contributed by atoms with E-state index in [-0.39, 0.29) is 21.4 Å². The standard InChI is InChI=1S/C15H11F8N5O/c1-8(3-6-11(24-2)29-7-13(16,17)18)9-4-5-10-25-26-12(28(10)27-9)14(19,20)15(21,22)23/h3-6H,2,7H2,1H3/b8-3+,11-6+. The summed E-state index contributed by atoms with van der Waals surface area (Å²) >= 11 is 0. The van der Waals surface area contributed by atoms with Crippen molar-refractivity contribution in [2.75, 3.05) is 6.61 Å². The third-order valence-corrected chi connectivity index (χ3v) is 3.32. The van der Waals surface area contributed by atoms with Crippen molar-refractivity contribution in [2.24, 2.45) is 4.99 Å². The van der Waals surface area contributed by atoms with Crippen molar-refractivity contribution in [3.63, 3.8) is 0 Å². The van der Waals surface area contributed by atoms with Crippen LogP contribution in [0.4, 0.5) is 35.1 Å². The first-order valence-corrected chi connectivity index (χ1v) is 7.49. The molecule has 0 saturated carbocycles. The van der Waals surface area contributed by atoms with E-state index in [2.05, 4.69) is 31.7 Å². The maximum absolute atomic E-state index is 13.6. The summed E-state index contributed by atoms with van der Waals surface area (Å²) in [5, 5.41) is 9.74. The average molecular weight is 429 g/mol. The maximum atomic E-state index is 13.6. The van der Waals surface area contributed by atoms with E-state index in [1.807, 2.05) is 0 Å². The van der Waals surface area contributed by atoms with Gasteiger partial charge in [-0.1, -0.05) is 6.08 Å². The highest BCUT2D eigenvalue weighted by molar-refractivity contribution is 5.63. The zero-order chi connectivity index (χ0) is 22.0. The number of hydrogen-bond acceptors (Lipinski definition) is 5. The molecule has 2 heterocycles. The summed E-state index contributed by atoms with van der Waals surface area (Å²) in [5.41, 5.74) is -0.261. The predicted octanol–water partition coefficient (Wildman–Crippen LogP) is 4.30. The molecule has 158 valence electrons. The van der Waals surface area contributed by atoms with E-state index in [0.29, 0.717) is 0 Å². The van der Waals surface area contributed by atoms with Crippen molar-refractivity contribution in [3.05, 3.63) is 41.7 Å². The molecule has 14 heteroatoms. The van der Waals surface area contributed by atoms with Crippen LogP contribution in [0.1, 0.15) is 18.4 Å². The first kappa shape index (κ1) is 22.2. The normalized spacial score (nSPS) is 14.4. The zero-order valence-electron chi connectivity index (χ0n) is 14.4. The van der Waals surface area contributed by atoms with E-state index >= 15 is 0 Å². The Hall–Kier alpha value is -3.06. The number of aliphatic imine (C=N–C) groups is 1. The molecule has 0 fully saturated rings. The molecule has 0 N–H and O–H groups in total. The molecular formula is C15H11F8N5O. The fraction of sp³-hybridized carbons (Fsp3) is 0.333. The minimum Gasteiger partial charge on any atom is -0.468 e. The molecule has 2 rings (SSSR count). The molecule has 0 aliphatic carbocycles. The van der Waals surface area contributed by atoms with Gasteiger partial charge in [0.05, 0.1) is 5.69 Å². The first-order chi connectivity index (χ1) is 13.3. The number of fused-ring (bicyclic) bond motifs is 1. The third kappa shape index (κ3) is 5.06. The second kappa shape index (κ2) is 7.75. The molecule has 2 aromatic heterocycles. The van der Waals surface area contributed by atoms with Gasteiger partial charge >= 0.3 is 18.3 Å². The SMILES string of the molecule is C=N/C(=C\C=C(/C)c1ccc2nnc(C(F)(F)C(F)(F)F)n2n1)OCC(F)(F)F. The molecule has 0 aliphatic heterocycles. The summed E-state index contributed by atoms with van der Waals surface area (Å²) < 4.78 is 106. The highest BCUT2D eigenvalue weighted by Gasteiger charge is 2.62. The lowest BCUT2D eigenvalue weighted by molar-refractivity contribution is -0.293. The van der Waals surface area contributed by atoms with Crippen molar-refractivity contribution in [1.29, 1.82) is 0 Å². The number of nitrogens with zero attached hydrogens (tertiary/aromatic N) is 5. The molecule has 0 atom stereocenters. The number of allylic oxidation sites excluding steroid dienone is 3. The number of aromatic nitrogens is 4. The van der Waals surface area contributed by atoms with Gasteiger partial charge in [-0.15, -0.1) is 10.2 Å². The summed E-state index contributed by atoms with van der Waals surface area (Å²) in [6.45, 7) is 2.80. The molecular weight excluding hydrogens is 418 g/mol. The van der Waals surface area contributed by atoms with Gasteiger partial charge in [0.15, 0.2) is 12.3 Å². The monoisotopic (exact) mass is 429 g/mol. The zero-order valence-corrected chi connectivity index (χ0v) is 14.4. The Morgan fingerprint density at radius 1 is 1.10 bits per heavy atom. The Labute approximate surface area is 157 Å². The van der Waals surface area contributed by atoms with Crippen LogP contribution in [-0.2, 0) is 10.7 Å². The molecule has 29 heavy (non-hydrogen) atoms. The quantitative estimate of drug-likeness (QED) is 0.297. The van der Waals surface area contributed by atoms with Crippen LogP contribution >= 0.6 is 0 Å². The Morgan fingerprint density at radius 2 is 1.76 bits per heavy atom. The molecule has 0 saturated heterocycles. The van der Waals surface area contributed by atoms with Crippen molar-refractivity contribution in [1.82, 2.24) is 19.8 Å². The molecule has 0 bridgehead atoms. The second-order valence-electron chi connectivity index (χ2n) is 5.50. The van der Waals surface area contributed by atoms with Crippen molar-refractivity contribution >= 4 is 17.9 Å².